The Morgan fingerprint density at radius 2 is 1.86 bits per heavy atom. The van der Waals surface area contributed by atoms with Crippen LogP contribution in [0.5, 0.6) is 5.75 Å². The van der Waals surface area contributed by atoms with Crippen LogP contribution in [0.25, 0.3) is 0 Å². The predicted octanol–water partition coefficient (Wildman–Crippen LogP) is 2.23. The highest BCUT2D eigenvalue weighted by atomic mass is 16.5. The SMILES string of the molecule is Cc1ccc(OCC(=O)N(CC(=O)O)C2CCCC2)cc1. The molecule has 0 bridgehead atoms. The Hall–Kier alpha value is -2.04. The fourth-order valence-corrected chi connectivity index (χ4v) is 2.65. The highest BCUT2D eigenvalue weighted by Gasteiger charge is 2.28. The van der Waals surface area contributed by atoms with Gasteiger partial charge in [-0.3, -0.25) is 9.59 Å². The van der Waals surface area contributed by atoms with Gasteiger partial charge in [0.05, 0.1) is 0 Å². The van der Waals surface area contributed by atoms with E-state index in [1.54, 1.807) is 12.1 Å². The summed E-state index contributed by atoms with van der Waals surface area (Å²) in [4.78, 5) is 24.6. The van der Waals surface area contributed by atoms with Gasteiger partial charge in [0.1, 0.15) is 12.3 Å². The largest absolute Gasteiger partial charge is 0.484 e. The van der Waals surface area contributed by atoms with E-state index in [0.29, 0.717) is 5.75 Å². The number of amides is 1. The number of benzene rings is 1. The molecular formula is C16H21NO4. The molecule has 0 atom stereocenters. The minimum absolute atomic E-state index is 0.0372. The van der Waals surface area contributed by atoms with Crippen LogP contribution < -0.4 is 4.74 Å². The second kappa shape index (κ2) is 7.11. The zero-order valence-corrected chi connectivity index (χ0v) is 12.2. The highest BCUT2D eigenvalue weighted by Crippen LogP contribution is 2.23. The molecule has 1 fully saturated rings. The zero-order chi connectivity index (χ0) is 15.2. The summed E-state index contributed by atoms with van der Waals surface area (Å²) in [5, 5.41) is 8.97. The standard InChI is InChI=1S/C16H21NO4/c1-12-6-8-14(9-7-12)21-11-15(18)17(10-16(19)20)13-4-2-3-5-13/h6-9,13H,2-5,10-11H2,1H3,(H,19,20). The zero-order valence-electron chi connectivity index (χ0n) is 12.2. The molecule has 21 heavy (non-hydrogen) atoms. The Balaban J connectivity index is 1.94. The Labute approximate surface area is 124 Å². The average Bonchev–Trinajstić information content (AvgIpc) is 2.97. The van der Waals surface area contributed by atoms with Gasteiger partial charge in [0, 0.05) is 6.04 Å². The molecule has 114 valence electrons. The molecule has 5 heteroatoms. The van der Waals surface area contributed by atoms with Crippen LogP contribution in [0.2, 0.25) is 0 Å². The van der Waals surface area contributed by atoms with Gasteiger partial charge in [-0.15, -0.1) is 0 Å². The first kappa shape index (κ1) is 15.4. The number of carboxylic acid groups (broad SMARTS) is 1. The normalized spacial score (nSPS) is 14.9. The second-order valence-electron chi connectivity index (χ2n) is 5.46. The molecule has 2 rings (SSSR count). The van der Waals surface area contributed by atoms with Crippen molar-refractivity contribution in [3.8, 4) is 5.75 Å². The predicted molar refractivity (Wildman–Crippen MR) is 78.3 cm³/mol. The lowest BCUT2D eigenvalue weighted by molar-refractivity contribution is -0.147. The number of hydrogen-bond donors (Lipinski definition) is 1. The van der Waals surface area contributed by atoms with Gasteiger partial charge < -0.3 is 14.7 Å². The van der Waals surface area contributed by atoms with E-state index in [0.717, 1.165) is 31.2 Å². The van der Waals surface area contributed by atoms with Gasteiger partial charge in [-0.05, 0) is 31.9 Å². The maximum absolute atomic E-state index is 12.2. The van der Waals surface area contributed by atoms with Crippen molar-refractivity contribution in [3.05, 3.63) is 29.8 Å². The van der Waals surface area contributed by atoms with Crippen molar-refractivity contribution in [2.45, 2.75) is 38.6 Å². The third kappa shape index (κ3) is 4.48. The quantitative estimate of drug-likeness (QED) is 0.872. The minimum atomic E-state index is -0.981. The fourth-order valence-electron chi connectivity index (χ4n) is 2.65. The molecule has 1 aromatic rings. The molecule has 0 heterocycles. The van der Waals surface area contributed by atoms with Crippen LogP contribution in [0.1, 0.15) is 31.2 Å². The van der Waals surface area contributed by atoms with Gasteiger partial charge in [0.25, 0.3) is 5.91 Å². The van der Waals surface area contributed by atoms with E-state index in [2.05, 4.69) is 0 Å². The Morgan fingerprint density at radius 3 is 2.43 bits per heavy atom. The monoisotopic (exact) mass is 291 g/mol. The van der Waals surface area contributed by atoms with Crippen molar-refractivity contribution < 1.29 is 19.4 Å². The molecule has 0 unspecified atom stereocenters. The van der Waals surface area contributed by atoms with Crippen LogP contribution in [0.15, 0.2) is 24.3 Å². The molecular weight excluding hydrogens is 270 g/mol. The maximum Gasteiger partial charge on any atom is 0.323 e. The van der Waals surface area contributed by atoms with E-state index in [-0.39, 0.29) is 25.1 Å². The number of ether oxygens (including phenoxy) is 1. The van der Waals surface area contributed by atoms with Crippen LogP contribution in [0, 0.1) is 6.92 Å². The number of rotatable bonds is 6. The maximum atomic E-state index is 12.2. The topological polar surface area (TPSA) is 66.8 Å². The summed E-state index contributed by atoms with van der Waals surface area (Å²) in [6.07, 6.45) is 3.85. The van der Waals surface area contributed by atoms with Crippen LogP contribution in [-0.2, 0) is 9.59 Å². The molecule has 0 spiro atoms. The van der Waals surface area contributed by atoms with Crippen LogP contribution in [0.4, 0.5) is 0 Å². The van der Waals surface area contributed by atoms with Crippen molar-refractivity contribution in [1.82, 2.24) is 4.90 Å². The van der Waals surface area contributed by atoms with E-state index < -0.39 is 5.97 Å². The van der Waals surface area contributed by atoms with E-state index in [1.165, 1.54) is 4.90 Å². The molecule has 1 saturated carbocycles. The number of hydrogen-bond acceptors (Lipinski definition) is 3. The van der Waals surface area contributed by atoms with Gasteiger partial charge in [-0.1, -0.05) is 30.5 Å². The average molecular weight is 291 g/mol. The Morgan fingerprint density at radius 1 is 1.24 bits per heavy atom. The Kier molecular flexibility index (Phi) is 5.20. The molecule has 5 nitrogen and oxygen atoms in total. The first-order valence-corrected chi connectivity index (χ1v) is 7.27. The van der Waals surface area contributed by atoms with E-state index in [9.17, 15) is 9.59 Å². The van der Waals surface area contributed by atoms with Crippen molar-refractivity contribution in [3.63, 3.8) is 0 Å². The Bertz CT molecular complexity index is 492. The van der Waals surface area contributed by atoms with Crippen LogP contribution in [-0.4, -0.2) is 41.1 Å². The van der Waals surface area contributed by atoms with Crippen molar-refractivity contribution in [2.75, 3.05) is 13.2 Å². The molecule has 1 aliphatic carbocycles. The molecule has 0 aliphatic heterocycles. The van der Waals surface area contributed by atoms with Crippen molar-refractivity contribution in [1.29, 1.82) is 0 Å². The highest BCUT2D eigenvalue weighted by molar-refractivity contribution is 5.82. The molecule has 0 saturated heterocycles. The van der Waals surface area contributed by atoms with Crippen molar-refractivity contribution in [2.24, 2.45) is 0 Å². The van der Waals surface area contributed by atoms with Gasteiger partial charge in [-0.2, -0.15) is 0 Å². The van der Waals surface area contributed by atoms with Gasteiger partial charge in [0.2, 0.25) is 0 Å². The summed E-state index contributed by atoms with van der Waals surface area (Å²) in [5.41, 5.74) is 1.12. The van der Waals surface area contributed by atoms with Crippen LogP contribution >= 0.6 is 0 Å². The fraction of sp³-hybridized carbons (Fsp3) is 0.500. The lowest BCUT2D eigenvalue weighted by Crippen LogP contribution is -2.44. The van der Waals surface area contributed by atoms with Crippen molar-refractivity contribution >= 4 is 11.9 Å². The summed E-state index contributed by atoms with van der Waals surface area (Å²) in [6.45, 7) is 1.61. The number of carbonyl (C=O) groups excluding carboxylic acids is 1. The second-order valence-corrected chi connectivity index (χ2v) is 5.46. The van der Waals surface area contributed by atoms with E-state index in [1.807, 2.05) is 19.1 Å². The lowest BCUT2D eigenvalue weighted by atomic mass is 10.2. The first-order valence-electron chi connectivity index (χ1n) is 7.27. The molecule has 1 N–H and O–H groups in total. The number of nitrogens with zero attached hydrogens (tertiary/aromatic N) is 1. The molecule has 1 aliphatic rings. The minimum Gasteiger partial charge on any atom is -0.484 e. The number of aryl methyl sites for hydroxylation is 1. The van der Waals surface area contributed by atoms with Gasteiger partial charge >= 0.3 is 5.97 Å². The number of carboxylic acids is 1. The summed E-state index contributed by atoms with van der Waals surface area (Å²) in [7, 11) is 0. The number of carbonyl (C=O) groups is 2. The van der Waals surface area contributed by atoms with E-state index >= 15 is 0 Å². The lowest BCUT2D eigenvalue weighted by Gasteiger charge is -2.27. The summed E-state index contributed by atoms with van der Waals surface area (Å²) >= 11 is 0. The van der Waals surface area contributed by atoms with E-state index in [4.69, 9.17) is 9.84 Å². The molecule has 1 amide bonds. The molecule has 0 radical (unpaired) electrons. The molecule has 1 aromatic carbocycles. The summed E-state index contributed by atoms with van der Waals surface area (Å²) in [6, 6.07) is 7.46. The third-order valence-electron chi connectivity index (χ3n) is 3.77. The van der Waals surface area contributed by atoms with Gasteiger partial charge in [0.15, 0.2) is 6.61 Å². The smallest absolute Gasteiger partial charge is 0.323 e. The third-order valence-corrected chi connectivity index (χ3v) is 3.77. The van der Waals surface area contributed by atoms with Crippen LogP contribution in [0.3, 0.4) is 0 Å². The summed E-state index contributed by atoms with van der Waals surface area (Å²) in [5.74, 6) is -0.619. The number of aliphatic carboxylic acids is 1. The summed E-state index contributed by atoms with van der Waals surface area (Å²) < 4.78 is 5.46. The molecule has 0 aromatic heterocycles. The van der Waals surface area contributed by atoms with Gasteiger partial charge in [-0.25, -0.2) is 0 Å². The first-order chi connectivity index (χ1) is 10.1.